The number of aryl methyl sites for hydroxylation is 1. The molecule has 7 heteroatoms. The zero-order valence-electron chi connectivity index (χ0n) is 19.5. The first-order valence-corrected chi connectivity index (χ1v) is 11.1. The van der Waals surface area contributed by atoms with E-state index in [1.165, 1.54) is 16.7 Å². The summed E-state index contributed by atoms with van der Waals surface area (Å²) in [7, 11) is 1.65. The van der Waals surface area contributed by atoms with Crippen LogP contribution < -0.4 is 20.3 Å². The second kappa shape index (κ2) is 11.0. The van der Waals surface area contributed by atoms with Crippen molar-refractivity contribution in [2.75, 3.05) is 18.5 Å². The van der Waals surface area contributed by atoms with Crippen LogP contribution in [0.15, 0.2) is 53.5 Å². The SMILES string of the molecule is CCOc1cc(=O)n(C)cc1-c1cc(NCCCC(C)C)ccc1Oc1ccc(F)cc1F. The minimum Gasteiger partial charge on any atom is -0.493 e. The second-order valence-electron chi connectivity index (χ2n) is 8.28. The van der Waals surface area contributed by atoms with Crippen LogP contribution in [0.5, 0.6) is 17.2 Å². The van der Waals surface area contributed by atoms with Gasteiger partial charge in [0.15, 0.2) is 11.6 Å². The van der Waals surface area contributed by atoms with Crippen LogP contribution in [-0.4, -0.2) is 17.7 Å². The minimum absolute atomic E-state index is 0.0990. The van der Waals surface area contributed by atoms with Crippen LogP contribution >= 0.6 is 0 Å². The Hall–Kier alpha value is -3.35. The Bertz CT molecular complexity index is 1160. The summed E-state index contributed by atoms with van der Waals surface area (Å²) in [4.78, 5) is 12.2. The molecule has 0 saturated heterocycles. The molecule has 0 aliphatic rings. The fourth-order valence-electron chi connectivity index (χ4n) is 3.45. The molecule has 0 aliphatic carbocycles. The molecule has 1 N–H and O–H groups in total. The van der Waals surface area contributed by atoms with Crippen molar-refractivity contribution in [3.63, 3.8) is 0 Å². The fraction of sp³-hybridized carbons (Fsp3) is 0.346. The van der Waals surface area contributed by atoms with Crippen LogP contribution in [0.4, 0.5) is 14.5 Å². The van der Waals surface area contributed by atoms with Gasteiger partial charge in [-0.1, -0.05) is 13.8 Å². The summed E-state index contributed by atoms with van der Waals surface area (Å²) in [6, 6.07) is 10.0. The van der Waals surface area contributed by atoms with Crippen LogP contribution in [0.3, 0.4) is 0 Å². The topological polar surface area (TPSA) is 52.5 Å². The first kappa shape index (κ1) is 24.3. The molecule has 0 fully saturated rings. The molecule has 0 unspecified atom stereocenters. The number of aromatic nitrogens is 1. The van der Waals surface area contributed by atoms with Crippen molar-refractivity contribution in [1.82, 2.24) is 4.57 Å². The average Bonchev–Trinajstić information content (AvgIpc) is 2.76. The molecular formula is C26H30F2N2O3. The minimum atomic E-state index is -0.803. The lowest BCUT2D eigenvalue weighted by atomic mass is 10.0. The summed E-state index contributed by atoms with van der Waals surface area (Å²) in [5.74, 6) is -0.198. The largest absolute Gasteiger partial charge is 0.493 e. The molecular weight excluding hydrogens is 426 g/mol. The van der Waals surface area contributed by atoms with Crippen molar-refractivity contribution in [3.05, 3.63) is 70.6 Å². The number of anilines is 1. The summed E-state index contributed by atoms with van der Waals surface area (Å²) >= 11 is 0. The van der Waals surface area contributed by atoms with E-state index in [1.807, 2.05) is 19.1 Å². The summed E-state index contributed by atoms with van der Waals surface area (Å²) < 4.78 is 40.7. The quantitative estimate of drug-likeness (QED) is 0.360. The molecule has 33 heavy (non-hydrogen) atoms. The van der Waals surface area contributed by atoms with E-state index in [4.69, 9.17) is 9.47 Å². The molecule has 3 aromatic rings. The monoisotopic (exact) mass is 456 g/mol. The Morgan fingerprint density at radius 2 is 1.76 bits per heavy atom. The number of hydrogen-bond donors (Lipinski definition) is 1. The van der Waals surface area contributed by atoms with E-state index in [-0.39, 0.29) is 11.3 Å². The van der Waals surface area contributed by atoms with Gasteiger partial charge in [-0.2, -0.15) is 0 Å². The van der Waals surface area contributed by atoms with Gasteiger partial charge in [0.05, 0.1) is 6.61 Å². The Morgan fingerprint density at radius 3 is 2.45 bits per heavy atom. The van der Waals surface area contributed by atoms with Crippen LogP contribution in [-0.2, 0) is 7.05 Å². The molecule has 0 spiro atoms. The summed E-state index contributed by atoms with van der Waals surface area (Å²) in [5.41, 5.74) is 1.89. The first-order chi connectivity index (χ1) is 15.8. The van der Waals surface area contributed by atoms with Crippen molar-refractivity contribution >= 4 is 5.69 Å². The lowest BCUT2D eigenvalue weighted by Crippen LogP contribution is -2.16. The number of benzene rings is 2. The highest BCUT2D eigenvalue weighted by Gasteiger charge is 2.17. The van der Waals surface area contributed by atoms with Gasteiger partial charge in [-0.3, -0.25) is 4.79 Å². The maximum atomic E-state index is 14.3. The number of nitrogens with one attached hydrogen (secondary N) is 1. The number of rotatable bonds is 10. The number of hydrogen-bond acceptors (Lipinski definition) is 4. The number of nitrogens with zero attached hydrogens (tertiary/aromatic N) is 1. The predicted molar refractivity (Wildman–Crippen MR) is 127 cm³/mol. The average molecular weight is 457 g/mol. The third kappa shape index (κ3) is 6.34. The Kier molecular flexibility index (Phi) is 8.09. The van der Waals surface area contributed by atoms with E-state index in [2.05, 4.69) is 19.2 Å². The van der Waals surface area contributed by atoms with Crippen LogP contribution in [0.25, 0.3) is 11.1 Å². The summed E-state index contributed by atoms with van der Waals surface area (Å²) in [6.07, 6.45) is 3.80. The Balaban J connectivity index is 2.04. The second-order valence-corrected chi connectivity index (χ2v) is 8.28. The van der Waals surface area contributed by atoms with Gasteiger partial charge in [0.25, 0.3) is 5.56 Å². The van der Waals surface area contributed by atoms with E-state index in [1.54, 1.807) is 19.3 Å². The molecule has 1 heterocycles. The highest BCUT2D eigenvalue weighted by Crippen LogP contribution is 2.40. The van der Waals surface area contributed by atoms with Crippen molar-refractivity contribution < 1.29 is 18.3 Å². The third-order valence-electron chi connectivity index (χ3n) is 5.16. The zero-order valence-corrected chi connectivity index (χ0v) is 19.5. The highest BCUT2D eigenvalue weighted by molar-refractivity contribution is 5.78. The smallest absolute Gasteiger partial charge is 0.254 e. The molecule has 176 valence electrons. The van der Waals surface area contributed by atoms with E-state index < -0.39 is 11.6 Å². The van der Waals surface area contributed by atoms with E-state index >= 15 is 0 Å². The standard InChI is InChI=1S/C26H30F2N2O3/c1-5-32-25-15-26(31)30(4)16-21(25)20-14-19(29-12-6-7-17(2)3)9-11-23(20)33-24-10-8-18(27)13-22(24)28/h8-11,13-17,29H,5-7,12H2,1-4H3. The fourth-order valence-corrected chi connectivity index (χ4v) is 3.45. The summed E-state index contributed by atoms with van der Waals surface area (Å²) in [6.45, 7) is 7.38. The normalized spacial score (nSPS) is 11.0. The molecule has 0 amide bonds. The summed E-state index contributed by atoms with van der Waals surface area (Å²) in [5, 5.41) is 3.41. The van der Waals surface area contributed by atoms with Crippen LogP contribution in [0, 0.1) is 17.6 Å². The number of ether oxygens (including phenoxy) is 2. The Morgan fingerprint density at radius 1 is 1.00 bits per heavy atom. The van der Waals surface area contributed by atoms with Gasteiger partial charge in [-0.25, -0.2) is 8.78 Å². The van der Waals surface area contributed by atoms with Gasteiger partial charge in [0.2, 0.25) is 0 Å². The van der Waals surface area contributed by atoms with E-state index in [0.29, 0.717) is 35.2 Å². The lowest BCUT2D eigenvalue weighted by Gasteiger charge is -2.18. The van der Waals surface area contributed by atoms with Crippen molar-refractivity contribution in [2.24, 2.45) is 13.0 Å². The van der Waals surface area contributed by atoms with Gasteiger partial charge in [-0.15, -0.1) is 0 Å². The number of pyridine rings is 1. The van der Waals surface area contributed by atoms with Crippen molar-refractivity contribution in [1.29, 1.82) is 0 Å². The maximum Gasteiger partial charge on any atom is 0.254 e. The molecule has 0 aliphatic heterocycles. The first-order valence-electron chi connectivity index (χ1n) is 11.1. The van der Waals surface area contributed by atoms with Crippen molar-refractivity contribution in [3.8, 4) is 28.4 Å². The van der Waals surface area contributed by atoms with E-state index in [9.17, 15) is 13.6 Å². The predicted octanol–water partition coefficient (Wildman–Crippen LogP) is 6.37. The zero-order chi connectivity index (χ0) is 24.0. The molecule has 1 aromatic heterocycles. The van der Waals surface area contributed by atoms with Gasteiger partial charge >= 0.3 is 0 Å². The maximum absolute atomic E-state index is 14.3. The molecule has 0 radical (unpaired) electrons. The van der Waals surface area contributed by atoms with Gasteiger partial charge in [-0.05, 0) is 56.0 Å². The van der Waals surface area contributed by atoms with Crippen LogP contribution in [0.1, 0.15) is 33.6 Å². The van der Waals surface area contributed by atoms with Gasteiger partial charge in [0, 0.05) is 48.7 Å². The van der Waals surface area contributed by atoms with Crippen LogP contribution in [0.2, 0.25) is 0 Å². The molecule has 2 aromatic carbocycles. The highest BCUT2D eigenvalue weighted by atomic mass is 19.1. The van der Waals surface area contributed by atoms with Gasteiger partial charge < -0.3 is 19.4 Å². The van der Waals surface area contributed by atoms with Crippen molar-refractivity contribution in [2.45, 2.75) is 33.6 Å². The molecule has 0 atom stereocenters. The van der Waals surface area contributed by atoms with Gasteiger partial charge in [0.1, 0.15) is 17.3 Å². The molecule has 5 nitrogen and oxygen atoms in total. The lowest BCUT2D eigenvalue weighted by molar-refractivity contribution is 0.340. The molecule has 0 bridgehead atoms. The number of halogens is 2. The molecule has 3 rings (SSSR count). The third-order valence-corrected chi connectivity index (χ3v) is 5.16. The van der Waals surface area contributed by atoms with E-state index in [0.717, 1.165) is 37.2 Å². The molecule has 0 saturated carbocycles. The Labute approximate surface area is 193 Å².